The maximum absolute atomic E-state index is 14.6. The fourth-order valence-electron chi connectivity index (χ4n) is 2.72. The second kappa shape index (κ2) is 8.29. The van der Waals surface area contributed by atoms with Crippen LogP contribution >= 0.6 is 0 Å². The lowest BCUT2D eigenvalue weighted by Gasteiger charge is -2.25. The minimum Gasteiger partial charge on any atom is -0.494 e. The van der Waals surface area contributed by atoms with Gasteiger partial charge >= 0.3 is 0 Å². The molecule has 1 aromatic carbocycles. The van der Waals surface area contributed by atoms with Crippen molar-refractivity contribution in [3.8, 4) is 16.9 Å². The molecule has 1 unspecified atom stereocenters. The molecule has 158 valence electrons. The van der Waals surface area contributed by atoms with Gasteiger partial charge in [-0.1, -0.05) is 12.1 Å². The van der Waals surface area contributed by atoms with Crippen molar-refractivity contribution in [1.82, 2.24) is 10.0 Å². The molecule has 1 aromatic heterocycles. The van der Waals surface area contributed by atoms with Gasteiger partial charge < -0.3 is 9.30 Å². The van der Waals surface area contributed by atoms with Crippen LogP contribution in [0, 0.1) is 11.6 Å². The molecule has 29 heavy (non-hydrogen) atoms. The number of ether oxygens (including phenoxy) is 1. The largest absolute Gasteiger partial charge is 0.494 e. The molecule has 0 bridgehead atoms. The molecule has 0 radical (unpaired) electrons. The Kier molecular flexibility index (Phi) is 6.43. The Labute approximate surface area is 165 Å². The summed E-state index contributed by atoms with van der Waals surface area (Å²) in [7, 11) is -2.73. The Bertz CT molecular complexity index is 1100. The van der Waals surface area contributed by atoms with Crippen LogP contribution in [0.5, 0.6) is 5.75 Å². The lowest BCUT2D eigenvalue weighted by molar-refractivity contribution is -0.131. The first kappa shape index (κ1) is 22.5. The van der Waals surface area contributed by atoms with Crippen molar-refractivity contribution in [3.05, 3.63) is 52.5 Å². The SMILES string of the molecule is COc1cccc(-c2cc(=O)n(CCC(C)(C(=O)NO)S(C)(=O)=O)cc2F)c1F. The molecule has 2 aromatic rings. The van der Waals surface area contributed by atoms with E-state index in [1.807, 2.05) is 0 Å². The number of sulfone groups is 1. The van der Waals surface area contributed by atoms with Crippen molar-refractivity contribution < 1.29 is 31.9 Å². The highest BCUT2D eigenvalue weighted by atomic mass is 32.2. The van der Waals surface area contributed by atoms with Crippen LogP contribution in [0.4, 0.5) is 8.78 Å². The minimum atomic E-state index is -3.98. The molecule has 1 amide bonds. The van der Waals surface area contributed by atoms with Crippen LogP contribution in [0.2, 0.25) is 0 Å². The first-order valence-corrected chi connectivity index (χ1v) is 10.2. The van der Waals surface area contributed by atoms with Crippen LogP contribution in [0.15, 0.2) is 35.3 Å². The van der Waals surface area contributed by atoms with E-state index in [2.05, 4.69) is 0 Å². The molecule has 8 nitrogen and oxygen atoms in total. The Morgan fingerprint density at radius 1 is 1.31 bits per heavy atom. The number of aryl methyl sites for hydroxylation is 1. The van der Waals surface area contributed by atoms with Crippen LogP contribution in [-0.2, 0) is 21.2 Å². The number of hydrogen-bond donors (Lipinski definition) is 2. The molecular weight excluding hydrogens is 410 g/mol. The van der Waals surface area contributed by atoms with Gasteiger partial charge in [0.2, 0.25) is 0 Å². The van der Waals surface area contributed by atoms with Gasteiger partial charge in [-0.3, -0.25) is 14.8 Å². The smallest absolute Gasteiger partial charge is 0.264 e. The summed E-state index contributed by atoms with van der Waals surface area (Å²) in [4.78, 5) is 24.2. The summed E-state index contributed by atoms with van der Waals surface area (Å²) < 4.78 is 56.6. The Balaban J connectivity index is 2.43. The summed E-state index contributed by atoms with van der Waals surface area (Å²) >= 11 is 0. The summed E-state index contributed by atoms with van der Waals surface area (Å²) in [5.74, 6) is -3.06. The summed E-state index contributed by atoms with van der Waals surface area (Å²) in [6, 6.07) is 4.94. The van der Waals surface area contributed by atoms with E-state index in [0.717, 1.165) is 30.0 Å². The van der Waals surface area contributed by atoms with Crippen molar-refractivity contribution >= 4 is 15.7 Å². The zero-order valence-corrected chi connectivity index (χ0v) is 16.7. The minimum absolute atomic E-state index is 0.120. The van der Waals surface area contributed by atoms with Crippen LogP contribution in [0.3, 0.4) is 0 Å². The number of carbonyl (C=O) groups is 1. The Morgan fingerprint density at radius 3 is 2.52 bits per heavy atom. The first-order chi connectivity index (χ1) is 13.5. The Hall–Kier alpha value is -2.79. The molecule has 0 saturated carbocycles. The normalized spacial score (nSPS) is 13.6. The number of amides is 1. The second-order valence-electron chi connectivity index (χ2n) is 6.58. The van der Waals surface area contributed by atoms with Crippen LogP contribution in [0.25, 0.3) is 11.1 Å². The van der Waals surface area contributed by atoms with E-state index in [-0.39, 0.29) is 23.4 Å². The molecule has 0 aliphatic carbocycles. The van der Waals surface area contributed by atoms with Gasteiger partial charge in [0, 0.05) is 36.2 Å². The number of carbonyl (C=O) groups excluding carboxylic acids is 1. The van der Waals surface area contributed by atoms with E-state index in [1.54, 1.807) is 0 Å². The quantitative estimate of drug-likeness (QED) is 0.508. The molecule has 0 fully saturated rings. The maximum Gasteiger partial charge on any atom is 0.264 e. The molecule has 0 aliphatic heterocycles. The van der Waals surface area contributed by atoms with Crippen LogP contribution in [-0.4, -0.2) is 42.2 Å². The molecule has 0 spiro atoms. The molecule has 1 atom stereocenters. The monoisotopic (exact) mass is 430 g/mol. The predicted octanol–water partition coefficient (Wildman–Crippen LogP) is 1.50. The van der Waals surface area contributed by atoms with Gasteiger partial charge in [0.05, 0.1) is 7.11 Å². The zero-order valence-electron chi connectivity index (χ0n) is 15.9. The molecule has 0 saturated heterocycles. The number of pyridine rings is 1. The topological polar surface area (TPSA) is 115 Å². The average Bonchev–Trinajstić information content (AvgIpc) is 2.66. The number of methoxy groups -OCH3 is 1. The van der Waals surface area contributed by atoms with Crippen molar-refractivity contribution in [2.24, 2.45) is 0 Å². The fourth-order valence-corrected chi connectivity index (χ4v) is 3.57. The third kappa shape index (κ3) is 4.30. The third-order valence-electron chi connectivity index (χ3n) is 4.78. The Morgan fingerprint density at radius 2 is 1.97 bits per heavy atom. The predicted molar refractivity (Wildman–Crippen MR) is 100 cm³/mol. The molecule has 1 heterocycles. The van der Waals surface area contributed by atoms with E-state index in [9.17, 15) is 26.8 Å². The average molecular weight is 430 g/mol. The molecule has 0 aliphatic rings. The first-order valence-electron chi connectivity index (χ1n) is 8.33. The van der Waals surface area contributed by atoms with E-state index in [1.165, 1.54) is 30.8 Å². The number of nitrogens with one attached hydrogen (secondary N) is 1. The van der Waals surface area contributed by atoms with Gasteiger partial charge in [-0.2, -0.15) is 0 Å². The summed E-state index contributed by atoms with van der Waals surface area (Å²) in [5, 5.41) is 8.82. The number of hydrogen-bond acceptors (Lipinski definition) is 6. The van der Waals surface area contributed by atoms with Crippen molar-refractivity contribution in [2.45, 2.75) is 24.6 Å². The van der Waals surface area contributed by atoms with E-state index in [4.69, 9.17) is 9.94 Å². The van der Waals surface area contributed by atoms with E-state index in [0.29, 0.717) is 0 Å². The summed E-state index contributed by atoms with van der Waals surface area (Å²) in [5.41, 5.74) is 0.0919. The van der Waals surface area contributed by atoms with Gasteiger partial charge in [0.15, 0.2) is 26.2 Å². The van der Waals surface area contributed by atoms with Gasteiger partial charge in [0.25, 0.3) is 11.5 Å². The lowest BCUT2D eigenvalue weighted by Crippen LogP contribution is -2.50. The van der Waals surface area contributed by atoms with E-state index < -0.39 is 44.1 Å². The highest BCUT2D eigenvalue weighted by molar-refractivity contribution is 7.92. The molecule has 2 N–H and O–H groups in total. The molecule has 11 heteroatoms. The highest BCUT2D eigenvalue weighted by Gasteiger charge is 2.43. The van der Waals surface area contributed by atoms with Gasteiger partial charge in [0.1, 0.15) is 5.82 Å². The zero-order chi connectivity index (χ0) is 22.0. The molecular formula is C18H20F2N2O6S. The summed E-state index contributed by atoms with van der Waals surface area (Å²) in [6.07, 6.45) is 1.20. The van der Waals surface area contributed by atoms with Crippen molar-refractivity contribution in [2.75, 3.05) is 13.4 Å². The second-order valence-corrected chi connectivity index (χ2v) is 9.03. The molecule has 2 rings (SSSR count). The summed E-state index contributed by atoms with van der Waals surface area (Å²) in [6.45, 7) is 0.739. The lowest BCUT2D eigenvalue weighted by atomic mass is 10.0. The number of hydroxylamine groups is 1. The van der Waals surface area contributed by atoms with E-state index >= 15 is 0 Å². The standard InChI is InChI=1S/C18H20F2N2O6S/c1-18(17(24)21-25,29(3,26)27)7-8-22-10-13(19)12(9-15(22)23)11-5-4-6-14(28-2)16(11)20/h4-6,9-10,25H,7-8H2,1-3H3,(H,21,24). The van der Waals surface area contributed by atoms with Gasteiger partial charge in [-0.15, -0.1) is 0 Å². The van der Waals surface area contributed by atoms with Gasteiger partial charge in [-0.25, -0.2) is 22.7 Å². The van der Waals surface area contributed by atoms with Crippen LogP contribution < -0.4 is 15.8 Å². The highest BCUT2D eigenvalue weighted by Crippen LogP contribution is 2.30. The van der Waals surface area contributed by atoms with Crippen molar-refractivity contribution in [1.29, 1.82) is 0 Å². The van der Waals surface area contributed by atoms with Crippen LogP contribution in [0.1, 0.15) is 13.3 Å². The number of nitrogens with zero attached hydrogens (tertiary/aromatic N) is 1. The van der Waals surface area contributed by atoms with Crippen molar-refractivity contribution in [3.63, 3.8) is 0 Å². The maximum atomic E-state index is 14.6. The number of benzene rings is 1. The number of aromatic nitrogens is 1. The number of rotatable bonds is 7. The fraction of sp³-hybridized carbons (Fsp3) is 0.333. The third-order valence-corrected chi connectivity index (χ3v) is 6.81. The number of halogens is 2. The van der Waals surface area contributed by atoms with Gasteiger partial charge in [-0.05, 0) is 19.4 Å².